The van der Waals surface area contributed by atoms with E-state index in [1.807, 2.05) is 0 Å². The van der Waals surface area contributed by atoms with Gasteiger partial charge >= 0.3 is 0 Å². The molecule has 0 atom stereocenters. The molecule has 3 aromatic rings. The monoisotopic (exact) mass is 253 g/mol. The molecule has 0 aliphatic carbocycles. The molecule has 5 N–H and O–H groups in total. The van der Waals surface area contributed by atoms with E-state index in [9.17, 15) is 0 Å². The van der Waals surface area contributed by atoms with Gasteiger partial charge in [-0.05, 0) is 49.2 Å². The highest BCUT2D eigenvalue weighted by atomic mass is 14.7. The van der Waals surface area contributed by atoms with Gasteiger partial charge in [0, 0.05) is 21.8 Å². The molecule has 0 radical (unpaired) electrons. The second-order valence-corrected chi connectivity index (χ2v) is 4.96. The lowest BCUT2D eigenvalue weighted by Gasteiger charge is -1.99. The number of nitrogens with two attached hydrogens (primary N) is 2. The number of hydrogen-bond donors (Lipinski definition) is 3. The van der Waals surface area contributed by atoms with E-state index in [0.717, 1.165) is 12.8 Å². The lowest BCUT2D eigenvalue weighted by atomic mass is 10.1. The van der Waals surface area contributed by atoms with E-state index < -0.39 is 0 Å². The molecule has 0 saturated heterocycles. The second kappa shape index (κ2) is 5.03. The van der Waals surface area contributed by atoms with Crippen molar-refractivity contribution in [3.8, 4) is 0 Å². The standard InChI is InChI=1S/C16H19N3/c17-7-5-11-1-3-13-14-4-2-12(6-8-18)10-16(14)19-15(13)9-11/h1-4,9-10,19H,5-8,17-18H2. The smallest absolute Gasteiger partial charge is 0.0467 e. The van der Waals surface area contributed by atoms with Crippen LogP contribution in [0.5, 0.6) is 0 Å². The number of benzene rings is 2. The molecular formula is C16H19N3. The molecule has 19 heavy (non-hydrogen) atoms. The molecule has 3 nitrogen and oxygen atoms in total. The van der Waals surface area contributed by atoms with E-state index in [2.05, 4.69) is 41.4 Å². The quantitative estimate of drug-likeness (QED) is 0.668. The minimum Gasteiger partial charge on any atom is -0.354 e. The number of aromatic amines is 1. The van der Waals surface area contributed by atoms with Crippen molar-refractivity contribution in [2.45, 2.75) is 12.8 Å². The number of H-pyrrole nitrogens is 1. The zero-order valence-electron chi connectivity index (χ0n) is 10.9. The van der Waals surface area contributed by atoms with Crippen LogP contribution in [0.4, 0.5) is 0 Å². The van der Waals surface area contributed by atoms with Crippen LogP contribution < -0.4 is 11.5 Å². The number of rotatable bonds is 4. The summed E-state index contributed by atoms with van der Waals surface area (Å²) in [6.07, 6.45) is 1.84. The van der Waals surface area contributed by atoms with E-state index in [0.29, 0.717) is 13.1 Å². The summed E-state index contributed by atoms with van der Waals surface area (Å²) >= 11 is 0. The number of nitrogens with one attached hydrogen (secondary N) is 1. The summed E-state index contributed by atoms with van der Waals surface area (Å²) in [6, 6.07) is 13.1. The van der Waals surface area contributed by atoms with Crippen LogP contribution in [0.15, 0.2) is 36.4 Å². The third-order valence-electron chi connectivity index (χ3n) is 3.59. The third-order valence-corrected chi connectivity index (χ3v) is 3.59. The van der Waals surface area contributed by atoms with E-state index in [-0.39, 0.29) is 0 Å². The molecule has 0 aliphatic heterocycles. The molecule has 0 spiro atoms. The molecule has 1 heterocycles. The van der Waals surface area contributed by atoms with Crippen molar-refractivity contribution in [2.24, 2.45) is 11.5 Å². The molecule has 1 aromatic heterocycles. The Balaban J connectivity index is 2.14. The average molecular weight is 253 g/mol. The van der Waals surface area contributed by atoms with Gasteiger partial charge < -0.3 is 16.5 Å². The summed E-state index contributed by atoms with van der Waals surface area (Å²) < 4.78 is 0. The van der Waals surface area contributed by atoms with Gasteiger partial charge in [0.25, 0.3) is 0 Å². The maximum absolute atomic E-state index is 5.61. The largest absolute Gasteiger partial charge is 0.354 e. The molecule has 3 rings (SSSR count). The molecule has 3 heteroatoms. The maximum atomic E-state index is 5.61. The normalized spacial score (nSPS) is 11.5. The highest BCUT2D eigenvalue weighted by molar-refractivity contribution is 6.07. The average Bonchev–Trinajstić information content (AvgIpc) is 2.76. The van der Waals surface area contributed by atoms with Gasteiger partial charge in [-0.3, -0.25) is 0 Å². The van der Waals surface area contributed by atoms with Gasteiger partial charge in [-0.1, -0.05) is 24.3 Å². The van der Waals surface area contributed by atoms with E-state index in [4.69, 9.17) is 11.5 Å². The Labute approximate surface area is 112 Å². The van der Waals surface area contributed by atoms with Crippen LogP contribution in [0.25, 0.3) is 21.8 Å². The van der Waals surface area contributed by atoms with Crippen molar-refractivity contribution in [1.82, 2.24) is 4.98 Å². The Bertz CT molecular complexity index is 652. The molecular weight excluding hydrogens is 234 g/mol. The summed E-state index contributed by atoms with van der Waals surface area (Å²) in [5.41, 5.74) is 16.2. The first-order chi connectivity index (χ1) is 9.31. The van der Waals surface area contributed by atoms with Gasteiger partial charge in [0.05, 0.1) is 0 Å². The molecule has 98 valence electrons. The van der Waals surface area contributed by atoms with Gasteiger partial charge in [-0.2, -0.15) is 0 Å². The van der Waals surface area contributed by atoms with E-state index in [1.54, 1.807) is 0 Å². The van der Waals surface area contributed by atoms with Crippen LogP contribution >= 0.6 is 0 Å². The molecule has 0 fully saturated rings. The van der Waals surface area contributed by atoms with Crippen molar-refractivity contribution in [3.05, 3.63) is 47.5 Å². The van der Waals surface area contributed by atoms with Crippen molar-refractivity contribution < 1.29 is 0 Å². The van der Waals surface area contributed by atoms with Gasteiger partial charge in [-0.25, -0.2) is 0 Å². The zero-order valence-corrected chi connectivity index (χ0v) is 10.9. The molecule has 0 aliphatic rings. The van der Waals surface area contributed by atoms with Crippen LogP contribution in [0.2, 0.25) is 0 Å². The van der Waals surface area contributed by atoms with Gasteiger partial charge in [0.2, 0.25) is 0 Å². The summed E-state index contributed by atoms with van der Waals surface area (Å²) in [4.78, 5) is 3.49. The Hall–Kier alpha value is -1.84. The van der Waals surface area contributed by atoms with Crippen LogP contribution in [0.1, 0.15) is 11.1 Å². The summed E-state index contributed by atoms with van der Waals surface area (Å²) in [6.45, 7) is 1.37. The van der Waals surface area contributed by atoms with E-state index in [1.165, 1.54) is 32.9 Å². The van der Waals surface area contributed by atoms with Gasteiger partial charge in [-0.15, -0.1) is 0 Å². The van der Waals surface area contributed by atoms with E-state index >= 15 is 0 Å². The lowest BCUT2D eigenvalue weighted by molar-refractivity contribution is 0.970. The highest BCUT2D eigenvalue weighted by Gasteiger charge is 2.05. The lowest BCUT2D eigenvalue weighted by Crippen LogP contribution is -2.02. The Morgan fingerprint density at radius 3 is 1.63 bits per heavy atom. The first-order valence-electron chi connectivity index (χ1n) is 6.75. The minimum absolute atomic E-state index is 0.687. The van der Waals surface area contributed by atoms with Crippen molar-refractivity contribution in [1.29, 1.82) is 0 Å². The van der Waals surface area contributed by atoms with Crippen molar-refractivity contribution in [2.75, 3.05) is 13.1 Å². The van der Waals surface area contributed by atoms with Gasteiger partial charge in [0.15, 0.2) is 0 Å². The molecule has 0 saturated carbocycles. The third kappa shape index (κ3) is 2.23. The Morgan fingerprint density at radius 2 is 1.21 bits per heavy atom. The number of aromatic nitrogens is 1. The maximum Gasteiger partial charge on any atom is 0.0467 e. The van der Waals surface area contributed by atoms with Crippen LogP contribution in [0, 0.1) is 0 Å². The first-order valence-corrected chi connectivity index (χ1v) is 6.75. The minimum atomic E-state index is 0.687. The van der Waals surface area contributed by atoms with Crippen LogP contribution in [0.3, 0.4) is 0 Å². The Morgan fingerprint density at radius 1 is 0.737 bits per heavy atom. The SMILES string of the molecule is NCCc1ccc2c(c1)[nH]c1cc(CCN)ccc12. The van der Waals surface area contributed by atoms with Crippen molar-refractivity contribution in [3.63, 3.8) is 0 Å². The van der Waals surface area contributed by atoms with Crippen molar-refractivity contribution >= 4 is 21.8 Å². The van der Waals surface area contributed by atoms with Gasteiger partial charge in [0.1, 0.15) is 0 Å². The fourth-order valence-electron chi connectivity index (χ4n) is 2.65. The summed E-state index contributed by atoms with van der Waals surface area (Å²) in [7, 11) is 0. The molecule has 0 unspecified atom stereocenters. The number of fused-ring (bicyclic) bond motifs is 3. The zero-order chi connectivity index (χ0) is 13.2. The summed E-state index contributed by atoms with van der Waals surface area (Å²) in [5.74, 6) is 0. The summed E-state index contributed by atoms with van der Waals surface area (Å²) in [5, 5.41) is 2.55. The Kier molecular flexibility index (Phi) is 3.23. The number of hydrogen-bond acceptors (Lipinski definition) is 2. The van der Waals surface area contributed by atoms with Crippen LogP contribution in [-0.4, -0.2) is 18.1 Å². The molecule has 2 aromatic carbocycles. The first kappa shape index (κ1) is 12.2. The molecule has 0 amide bonds. The molecule has 0 bridgehead atoms. The highest BCUT2D eigenvalue weighted by Crippen LogP contribution is 2.27. The fourth-order valence-corrected chi connectivity index (χ4v) is 2.65. The fraction of sp³-hybridized carbons (Fsp3) is 0.250. The predicted octanol–water partition coefficient (Wildman–Crippen LogP) is 2.32. The topological polar surface area (TPSA) is 67.8 Å². The predicted molar refractivity (Wildman–Crippen MR) is 81.3 cm³/mol. The second-order valence-electron chi connectivity index (χ2n) is 4.96. The van der Waals surface area contributed by atoms with Crippen LogP contribution in [-0.2, 0) is 12.8 Å².